The first-order valence-corrected chi connectivity index (χ1v) is 9.02. The first kappa shape index (κ1) is 20.2. The number of carbonyl (C=O) groups excluding carboxylic acids is 1. The standard InChI is InChI=1S/C20H19ClF3N3O/c1-19(8-9-20(24,11-22)18(25)27-19)15-10-14(6-7-16(15)23)26-17(28)12-2-4-13(21)5-3-12/h2-7,10H,8-9,11H2,1H3,(H2,25,27)(H,26,28)/t19-,20+/m0/s1. The molecule has 0 radical (unpaired) electrons. The highest BCUT2D eigenvalue weighted by atomic mass is 35.5. The number of anilines is 1. The van der Waals surface area contributed by atoms with E-state index in [1.165, 1.54) is 18.2 Å². The van der Waals surface area contributed by atoms with Gasteiger partial charge in [0, 0.05) is 21.8 Å². The number of nitrogens with two attached hydrogens (primary N) is 1. The van der Waals surface area contributed by atoms with Crippen molar-refractivity contribution in [1.29, 1.82) is 0 Å². The van der Waals surface area contributed by atoms with E-state index in [9.17, 15) is 18.0 Å². The number of nitrogens with zero attached hydrogens (tertiary/aromatic N) is 1. The number of alkyl halides is 2. The van der Waals surface area contributed by atoms with E-state index in [-0.39, 0.29) is 18.4 Å². The molecule has 1 aliphatic rings. The molecular weight excluding hydrogens is 391 g/mol. The molecule has 28 heavy (non-hydrogen) atoms. The Balaban J connectivity index is 1.90. The second-order valence-electron chi connectivity index (χ2n) is 7.03. The predicted molar refractivity (Wildman–Crippen MR) is 104 cm³/mol. The maximum atomic E-state index is 14.5. The van der Waals surface area contributed by atoms with Crippen LogP contribution in [0.25, 0.3) is 0 Å². The minimum atomic E-state index is -2.32. The van der Waals surface area contributed by atoms with Gasteiger partial charge in [-0.15, -0.1) is 0 Å². The molecule has 0 spiro atoms. The fourth-order valence-corrected chi connectivity index (χ4v) is 3.27. The van der Waals surface area contributed by atoms with Crippen molar-refractivity contribution in [3.05, 3.63) is 64.4 Å². The molecule has 0 fully saturated rings. The maximum absolute atomic E-state index is 14.5. The molecule has 8 heteroatoms. The second-order valence-corrected chi connectivity index (χ2v) is 7.46. The lowest BCUT2D eigenvalue weighted by molar-refractivity contribution is 0.102. The molecule has 2 atom stereocenters. The Morgan fingerprint density at radius 3 is 2.54 bits per heavy atom. The number of rotatable bonds is 4. The third-order valence-corrected chi connectivity index (χ3v) is 5.21. The van der Waals surface area contributed by atoms with Gasteiger partial charge in [0.1, 0.15) is 18.3 Å². The zero-order valence-electron chi connectivity index (χ0n) is 15.1. The van der Waals surface area contributed by atoms with Crippen molar-refractivity contribution in [1.82, 2.24) is 0 Å². The minimum Gasteiger partial charge on any atom is -0.385 e. The Morgan fingerprint density at radius 2 is 1.93 bits per heavy atom. The average molecular weight is 410 g/mol. The van der Waals surface area contributed by atoms with Gasteiger partial charge in [-0.3, -0.25) is 9.79 Å². The Hall–Kier alpha value is -2.54. The molecule has 1 amide bonds. The highest BCUT2D eigenvalue weighted by molar-refractivity contribution is 6.30. The molecule has 1 heterocycles. The number of hydrogen-bond acceptors (Lipinski definition) is 3. The Labute approximate surface area is 165 Å². The third kappa shape index (κ3) is 3.85. The van der Waals surface area contributed by atoms with Gasteiger partial charge in [0.2, 0.25) is 0 Å². The van der Waals surface area contributed by atoms with Gasteiger partial charge in [-0.1, -0.05) is 11.6 Å². The van der Waals surface area contributed by atoms with E-state index in [4.69, 9.17) is 17.3 Å². The molecule has 2 aromatic carbocycles. The van der Waals surface area contributed by atoms with Crippen molar-refractivity contribution in [2.75, 3.05) is 12.0 Å². The van der Waals surface area contributed by atoms with Gasteiger partial charge >= 0.3 is 0 Å². The van der Waals surface area contributed by atoms with E-state index in [2.05, 4.69) is 10.3 Å². The summed E-state index contributed by atoms with van der Waals surface area (Å²) in [6.07, 6.45) is -0.143. The number of carbonyl (C=O) groups is 1. The van der Waals surface area contributed by atoms with Crippen LogP contribution in [0.2, 0.25) is 5.02 Å². The summed E-state index contributed by atoms with van der Waals surface area (Å²) in [5, 5.41) is 3.18. The lowest BCUT2D eigenvalue weighted by Crippen LogP contribution is -2.48. The van der Waals surface area contributed by atoms with Crippen LogP contribution >= 0.6 is 11.6 Å². The summed E-state index contributed by atoms with van der Waals surface area (Å²) in [7, 11) is 0. The zero-order chi connectivity index (χ0) is 20.5. The summed E-state index contributed by atoms with van der Waals surface area (Å²) in [5.41, 5.74) is 3.00. The lowest BCUT2D eigenvalue weighted by Gasteiger charge is -2.36. The summed E-state index contributed by atoms with van der Waals surface area (Å²) in [5.74, 6) is -1.46. The first-order valence-electron chi connectivity index (χ1n) is 8.64. The molecule has 0 saturated heterocycles. The molecule has 0 aromatic heterocycles. The first-order chi connectivity index (χ1) is 13.2. The zero-order valence-corrected chi connectivity index (χ0v) is 15.9. The fraction of sp³-hybridized carbons (Fsp3) is 0.300. The monoisotopic (exact) mass is 409 g/mol. The van der Waals surface area contributed by atoms with Crippen LogP contribution in [0.15, 0.2) is 47.5 Å². The van der Waals surface area contributed by atoms with Gasteiger partial charge < -0.3 is 11.1 Å². The van der Waals surface area contributed by atoms with Crippen molar-refractivity contribution in [3.8, 4) is 0 Å². The predicted octanol–water partition coefficient (Wildman–Crippen LogP) is 4.78. The summed E-state index contributed by atoms with van der Waals surface area (Å²) >= 11 is 5.81. The Kier molecular flexibility index (Phi) is 5.39. The number of amidine groups is 1. The van der Waals surface area contributed by atoms with E-state index < -0.39 is 35.4 Å². The maximum Gasteiger partial charge on any atom is 0.255 e. The summed E-state index contributed by atoms with van der Waals surface area (Å²) < 4.78 is 41.8. The van der Waals surface area contributed by atoms with Gasteiger partial charge in [0.25, 0.3) is 5.91 Å². The van der Waals surface area contributed by atoms with Crippen LogP contribution in [0.4, 0.5) is 18.9 Å². The number of nitrogens with one attached hydrogen (secondary N) is 1. The summed E-state index contributed by atoms with van der Waals surface area (Å²) in [4.78, 5) is 16.4. The van der Waals surface area contributed by atoms with E-state index in [0.29, 0.717) is 16.3 Å². The van der Waals surface area contributed by atoms with Crippen LogP contribution in [0.5, 0.6) is 0 Å². The van der Waals surface area contributed by atoms with Crippen molar-refractivity contribution in [2.45, 2.75) is 31.0 Å². The van der Waals surface area contributed by atoms with Crippen molar-refractivity contribution >= 4 is 29.0 Å². The number of halogens is 4. The molecule has 0 unspecified atom stereocenters. The molecule has 3 N–H and O–H groups in total. The molecule has 2 aromatic rings. The van der Waals surface area contributed by atoms with E-state index >= 15 is 0 Å². The molecule has 0 aliphatic carbocycles. The van der Waals surface area contributed by atoms with Gasteiger partial charge in [0.05, 0.1) is 5.54 Å². The van der Waals surface area contributed by atoms with E-state index in [1.54, 1.807) is 31.2 Å². The molecule has 4 nitrogen and oxygen atoms in total. The van der Waals surface area contributed by atoms with Crippen LogP contribution in [-0.4, -0.2) is 24.1 Å². The highest BCUT2D eigenvalue weighted by Gasteiger charge is 2.44. The molecule has 0 saturated carbocycles. The van der Waals surface area contributed by atoms with Crippen LogP contribution in [0.1, 0.15) is 35.7 Å². The topological polar surface area (TPSA) is 67.5 Å². The van der Waals surface area contributed by atoms with Crippen LogP contribution in [-0.2, 0) is 5.54 Å². The number of benzene rings is 2. The largest absolute Gasteiger partial charge is 0.385 e. The van der Waals surface area contributed by atoms with Crippen molar-refractivity contribution < 1.29 is 18.0 Å². The van der Waals surface area contributed by atoms with Gasteiger partial charge in [0.15, 0.2) is 5.67 Å². The molecule has 1 aliphatic heterocycles. The summed E-state index contributed by atoms with van der Waals surface area (Å²) in [6.45, 7) is 0.318. The SMILES string of the molecule is C[C@@]1(c2cc(NC(=O)c3ccc(Cl)cc3)ccc2F)CC[C@@](F)(CF)C(N)=N1. The molecular formula is C20H19ClF3N3O. The quantitative estimate of drug-likeness (QED) is 0.763. The molecule has 148 valence electrons. The third-order valence-electron chi connectivity index (χ3n) is 4.96. The lowest BCUT2D eigenvalue weighted by atomic mass is 9.80. The number of aliphatic imine (C=N–C) groups is 1. The van der Waals surface area contributed by atoms with Gasteiger partial charge in [-0.2, -0.15) is 0 Å². The normalized spacial score (nSPS) is 24.5. The summed E-state index contributed by atoms with van der Waals surface area (Å²) in [6, 6.07) is 10.3. The second kappa shape index (κ2) is 7.47. The van der Waals surface area contributed by atoms with Crippen LogP contribution in [0, 0.1) is 5.82 Å². The van der Waals surface area contributed by atoms with Gasteiger partial charge in [-0.25, -0.2) is 13.2 Å². The highest BCUT2D eigenvalue weighted by Crippen LogP contribution is 2.41. The van der Waals surface area contributed by atoms with Crippen molar-refractivity contribution in [3.63, 3.8) is 0 Å². The average Bonchev–Trinajstić information content (AvgIpc) is 2.67. The van der Waals surface area contributed by atoms with E-state index in [0.717, 1.165) is 0 Å². The number of hydrogen-bond donors (Lipinski definition) is 2. The van der Waals surface area contributed by atoms with Crippen molar-refractivity contribution in [2.24, 2.45) is 10.7 Å². The van der Waals surface area contributed by atoms with Crippen LogP contribution < -0.4 is 11.1 Å². The van der Waals surface area contributed by atoms with Crippen LogP contribution in [0.3, 0.4) is 0 Å². The molecule has 3 rings (SSSR count). The Morgan fingerprint density at radius 1 is 1.25 bits per heavy atom. The smallest absolute Gasteiger partial charge is 0.255 e. The van der Waals surface area contributed by atoms with Gasteiger partial charge in [-0.05, 0) is 62.2 Å². The fourth-order valence-electron chi connectivity index (χ4n) is 3.14. The van der Waals surface area contributed by atoms with E-state index in [1.807, 2.05) is 0 Å². The Bertz CT molecular complexity index is 935. The molecule has 0 bridgehead atoms. The minimum absolute atomic E-state index is 0.0691. The number of amides is 1.